The third-order valence-corrected chi connectivity index (χ3v) is 9.56. The van der Waals surface area contributed by atoms with Gasteiger partial charge in [-0.15, -0.1) is 0 Å². The van der Waals surface area contributed by atoms with E-state index in [0.29, 0.717) is 5.57 Å². The Morgan fingerprint density at radius 3 is 2.15 bits per heavy atom. The number of Topliss-reactive ketones (excluding diaryl/α,β-unsaturated/α-hetero) is 1. The molecule has 0 spiro atoms. The summed E-state index contributed by atoms with van der Waals surface area (Å²) in [6.45, 7) is 1.51. The van der Waals surface area contributed by atoms with Gasteiger partial charge in [0.1, 0.15) is 17.2 Å². The second-order valence-corrected chi connectivity index (χ2v) is 12.2. The van der Waals surface area contributed by atoms with Crippen LogP contribution in [-0.2, 0) is 19.2 Å². The van der Waals surface area contributed by atoms with Crippen molar-refractivity contribution < 1.29 is 43.6 Å². The number of hydrogen-bond donors (Lipinski definition) is 1. The lowest BCUT2D eigenvalue weighted by atomic mass is 9.59. The molecule has 2 amide bonds. The number of anilines is 2. The number of aromatic hydroxyl groups is 1. The number of nitro benzene ring substituents is 2. The van der Waals surface area contributed by atoms with Crippen LogP contribution in [0.2, 0.25) is 0 Å². The lowest BCUT2D eigenvalue weighted by Gasteiger charge is -2.42. The van der Waals surface area contributed by atoms with Crippen LogP contribution in [0.5, 0.6) is 17.2 Å². The number of benzene rings is 2. The number of fused-ring (bicyclic) bond motifs is 3. The number of imide groups is 1. The molecule has 6 rings (SSSR count). The van der Waals surface area contributed by atoms with E-state index < -0.39 is 68.3 Å². The highest BCUT2D eigenvalue weighted by Gasteiger charge is 2.57. The number of carbonyl (C=O) groups is 4. The molecule has 2 aromatic carbocycles. The normalized spacial score (nSPS) is 23.2. The van der Waals surface area contributed by atoms with Crippen LogP contribution in [0.25, 0.3) is 0 Å². The highest BCUT2D eigenvalue weighted by atomic mass is 16.6. The van der Waals surface area contributed by atoms with Crippen LogP contribution in [0, 0.1) is 38.0 Å². The number of methoxy groups -OCH3 is 2. The van der Waals surface area contributed by atoms with Gasteiger partial charge in [0.2, 0.25) is 11.8 Å². The van der Waals surface area contributed by atoms with Crippen molar-refractivity contribution in [2.45, 2.75) is 25.7 Å². The Balaban J connectivity index is 1.52. The van der Waals surface area contributed by atoms with Gasteiger partial charge in [-0.05, 0) is 31.8 Å². The number of amides is 2. The van der Waals surface area contributed by atoms with E-state index in [1.165, 1.54) is 58.3 Å². The molecule has 1 aliphatic heterocycles. The lowest BCUT2D eigenvalue weighted by molar-refractivity contribution is -0.392. The molecule has 248 valence electrons. The van der Waals surface area contributed by atoms with Gasteiger partial charge in [0.25, 0.3) is 0 Å². The molecule has 1 fully saturated rings. The molecule has 4 atom stereocenters. The number of phenolic OH excluding ortho intramolecular Hbond substituents is 1. The molecule has 0 saturated carbocycles. The fourth-order valence-corrected chi connectivity index (χ4v) is 7.57. The molecule has 2 aromatic rings. The number of nitrogens with zero attached hydrogens (tertiary/aromatic N) is 4. The molecule has 15 heteroatoms. The number of ketones is 2. The van der Waals surface area contributed by atoms with Crippen molar-refractivity contribution in [2.75, 3.05) is 38.1 Å². The minimum atomic E-state index is -1.08. The van der Waals surface area contributed by atoms with Crippen LogP contribution in [0.3, 0.4) is 0 Å². The molecular weight excluding hydrogens is 628 g/mol. The first-order valence-corrected chi connectivity index (χ1v) is 14.9. The van der Waals surface area contributed by atoms with Crippen molar-refractivity contribution in [3.05, 3.63) is 84.5 Å². The molecule has 15 nitrogen and oxygen atoms in total. The van der Waals surface area contributed by atoms with Gasteiger partial charge in [0.15, 0.2) is 17.3 Å². The molecule has 0 bridgehead atoms. The number of phenols is 1. The summed E-state index contributed by atoms with van der Waals surface area (Å²) in [6.07, 6.45) is 2.90. The van der Waals surface area contributed by atoms with E-state index in [0.717, 1.165) is 17.0 Å². The lowest BCUT2D eigenvalue weighted by Crippen LogP contribution is -2.40. The van der Waals surface area contributed by atoms with Crippen molar-refractivity contribution in [1.29, 1.82) is 0 Å². The van der Waals surface area contributed by atoms with E-state index in [9.17, 15) is 44.5 Å². The summed E-state index contributed by atoms with van der Waals surface area (Å²) in [5.41, 5.74) is -0.790. The molecule has 0 radical (unpaired) electrons. The minimum Gasteiger partial charge on any atom is -0.507 e. The first-order valence-electron chi connectivity index (χ1n) is 14.9. The van der Waals surface area contributed by atoms with Crippen LogP contribution >= 0.6 is 0 Å². The predicted octanol–water partition coefficient (Wildman–Crippen LogP) is 3.93. The zero-order valence-electron chi connectivity index (χ0n) is 26.5. The predicted molar refractivity (Wildman–Crippen MR) is 169 cm³/mol. The van der Waals surface area contributed by atoms with Crippen LogP contribution in [-0.4, -0.2) is 66.6 Å². The highest BCUT2D eigenvalue weighted by molar-refractivity contribution is 6.25. The second kappa shape index (κ2) is 11.4. The Labute approximate surface area is 273 Å². The smallest absolute Gasteiger partial charge is 0.301 e. The molecule has 1 N–H and O–H groups in total. The zero-order valence-corrected chi connectivity index (χ0v) is 26.5. The standard InChI is InChI=1S/C33H30N4O11/c1-14-8-23(38)20-13-19-17(27(28(20)31(14)40)29-24(39)11-16(47-4)12-25(29)48-5)6-7-18-26(19)33(42)35(32(18)41)15-9-21(36(43)44)30(34(2)3)22(10-15)37(45)46/h6,8-12,18-19,26-27,39H,7,13H2,1-5H3. The largest absolute Gasteiger partial charge is 0.507 e. The third-order valence-electron chi connectivity index (χ3n) is 9.56. The second-order valence-electron chi connectivity index (χ2n) is 12.2. The topological polar surface area (TPSA) is 200 Å². The van der Waals surface area contributed by atoms with E-state index in [4.69, 9.17) is 9.47 Å². The maximum Gasteiger partial charge on any atom is 0.301 e. The number of carbonyl (C=O) groups excluding carboxylic acids is 4. The summed E-state index contributed by atoms with van der Waals surface area (Å²) in [4.78, 5) is 79.8. The van der Waals surface area contributed by atoms with Crippen molar-refractivity contribution in [3.8, 4) is 17.2 Å². The van der Waals surface area contributed by atoms with Gasteiger partial charge >= 0.3 is 11.4 Å². The summed E-state index contributed by atoms with van der Waals surface area (Å²) < 4.78 is 10.9. The number of hydrogen-bond acceptors (Lipinski definition) is 12. The van der Waals surface area contributed by atoms with Crippen molar-refractivity contribution in [1.82, 2.24) is 0 Å². The van der Waals surface area contributed by atoms with Gasteiger partial charge in [0, 0.05) is 66.6 Å². The Morgan fingerprint density at radius 1 is 0.938 bits per heavy atom. The molecule has 4 aliphatic rings. The summed E-state index contributed by atoms with van der Waals surface area (Å²) in [5.74, 6) is -6.05. The SMILES string of the molecule is COc1cc(O)c(C2C3=CCC4C(=O)N(c5cc([N+](=O)[O-])c(N(C)C)c([N+](=O)[O-])c5)C(=O)C4C3CC3=C2C(=O)C(C)=CC3=O)c(OC)c1. The number of rotatable bonds is 7. The van der Waals surface area contributed by atoms with Gasteiger partial charge in [-0.3, -0.25) is 39.4 Å². The average Bonchev–Trinajstić information content (AvgIpc) is 3.30. The van der Waals surface area contributed by atoms with Crippen LogP contribution in [0.15, 0.2) is 58.7 Å². The Morgan fingerprint density at radius 2 is 1.58 bits per heavy atom. The van der Waals surface area contributed by atoms with Crippen molar-refractivity contribution >= 4 is 46.1 Å². The van der Waals surface area contributed by atoms with Crippen LogP contribution in [0.4, 0.5) is 22.7 Å². The number of ether oxygens (including phenoxy) is 2. The van der Waals surface area contributed by atoms with Gasteiger partial charge in [-0.25, -0.2) is 4.90 Å². The molecule has 1 saturated heterocycles. The third kappa shape index (κ3) is 4.64. The molecule has 48 heavy (non-hydrogen) atoms. The summed E-state index contributed by atoms with van der Waals surface area (Å²) in [6, 6.07) is 4.79. The first-order chi connectivity index (χ1) is 22.7. The molecule has 1 heterocycles. The van der Waals surface area contributed by atoms with E-state index in [-0.39, 0.29) is 63.7 Å². The van der Waals surface area contributed by atoms with E-state index in [1.54, 1.807) is 6.08 Å². The van der Waals surface area contributed by atoms with Crippen LogP contribution < -0.4 is 19.3 Å². The number of allylic oxidation sites excluding steroid dienone is 6. The maximum atomic E-state index is 14.3. The average molecular weight is 659 g/mol. The van der Waals surface area contributed by atoms with Crippen molar-refractivity contribution in [2.24, 2.45) is 17.8 Å². The van der Waals surface area contributed by atoms with E-state index >= 15 is 0 Å². The maximum absolute atomic E-state index is 14.3. The Bertz CT molecular complexity index is 1940. The van der Waals surface area contributed by atoms with E-state index in [2.05, 4.69) is 0 Å². The Kier molecular flexibility index (Phi) is 7.65. The van der Waals surface area contributed by atoms with Gasteiger partial charge in [0.05, 0.1) is 41.6 Å². The van der Waals surface area contributed by atoms with Crippen LogP contribution in [0.1, 0.15) is 31.2 Å². The molecule has 4 unspecified atom stereocenters. The minimum absolute atomic E-state index is 0.0207. The summed E-state index contributed by atoms with van der Waals surface area (Å²) in [7, 11) is 5.57. The van der Waals surface area contributed by atoms with Crippen molar-refractivity contribution in [3.63, 3.8) is 0 Å². The van der Waals surface area contributed by atoms with Gasteiger partial charge in [-0.1, -0.05) is 11.6 Å². The highest BCUT2D eigenvalue weighted by Crippen LogP contribution is 2.58. The Hall–Kier alpha value is -5.86. The first kappa shape index (κ1) is 32.1. The zero-order chi connectivity index (χ0) is 34.9. The monoisotopic (exact) mass is 658 g/mol. The fourth-order valence-electron chi connectivity index (χ4n) is 7.57. The summed E-state index contributed by atoms with van der Waals surface area (Å²) in [5, 5.41) is 35.4. The van der Waals surface area contributed by atoms with Gasteiger partial charge < -0.3 is 19.5 Å². The summed E-state index contributed by atoms with van der Waals surface area (Å²) >= 11 is 0. The van der Waals surface area contributed by atoms with Gasteiger partial charge in [-0.2, -0.15) is 0 Å². The molecule has 0 aromatic heterocycles. The molecular formula is C33H30N4O11. The quantitative estimate of drug-likeness (QED) is 0.148. The van der Waals surface area contributed by atoms with E-state index in [1.807, 2.05) is 0 Å². The number of nitro groups is 2. The molecule has 3 aliphatic carbocycles. The fraction of sp³-hybridized carbons (Fsp3) is 0.333.